The Morgan fingerprint density at radius 1 is 0.630 bits per heavy atom. The minimum absolute atomic E-state index is 0.231. The lowest BCUT2D eigenvalue weighted by Gasteiger charge is -2.62. The summed E-state index contributed by atoms with van der Waals surface area (Å²) in [5, 5.41) is 0. The van der Waals surface area contributed by atoms with Crippen LogP contribution in [0.25, 0.3) is 0 Å². The first kappa shape index (κ1) is 15.7. The van der Waals surface area contributed by atoms with E-state index in [-0.39, 0.29) is 11.1 Å². The maximum Gasteiger partial charge on any atom is 0.200 e. The van der Waals surface area contributed by atoms with Crippen LogP contribution >= 0.6 is 0 Å². The highest BCUT2D eigenvalue weighted by atomic mass is 16.1. The summed E-state index contributed by atoms with van der Waals surface area (Å²) < 4.78 is 0. The van der Waals surface area contributed by atoms with Crippen molar-refractivity contribution in [3.05, 3.63) is 18.2 Å². The van der Waals surface area contributed by atoms with Gasteiger partial charge >= 0.3 is 0 Å². The molecule has 9 aliphatic rings. The molecule has 1 aliphatic heterocycles. The molecule has 0 radical (unpaired) electrons. The van der Waals surface area contributed by atoms with Crippen LogP contribution in [-0.2, 0) is 4.79 Å². The molecule has 3 heteroatoms. The van der Waals surface area contributed by atoms with E-state index in [0.29, 0.717) is 0 Å². The van der Waals surface area contributed by atoms with Crippen LogP contribution in [0.1, 0.15) is 77.0 Å². The first-order valence-corrected chi connectivity index (χ1v) is 11.7. The van der Waals surface area contributed by atoms with E-state index in [1.807, 2.05) is 0 Å². The lowest BCUT2D eigenvalue weighted by molar-refractivity contribution is -0.0835. The molecule has 0 aromatic carbocycles. The van der Waals surface area contributed by atoms with E-state index in [0.717, 1.165) is 41.3 Å². The highest BCUT2D eigenvalue weighted by molar-refractivity contribution is 5.55. The molecule has 144 valence electrons. The fourth-order valence-corrected chi connectivity index (χ4v) is 9.97. The van der Waals surface area contributed by atoms with Crippen molar-refractivity contribution in [3.63, 3.8) is 0 Å². The zero-order valence-corrected chi connectivity index (χ0v) is 16.4. The molecule has 3 nitrogen and oxygen atoms in total. The van der Waals surface area contributed by atoms with Gasteiger partial charge in [-0.3, -0.25) is 0 Å². The molecule has 0 unspecified atom stereocenters. The first-order valence-electron chi connectivity index (χ1n) is 11.7. The Morgan fingerprint density at radius 3 is 1.19 bits per heavy atom. The first-order chi connectivity index (χ1) is 13.1. The zero-order chi connectivity index (χ0) is 17.8. The second-order valence-electron chi connectivity index (χ2n) is 11.7. The van der Waals surface area contributed by atoms with E-state index in [9.17, 15) is 4.79 Å². The Labute approximate surface area is 162 Å². The fraction of sp³-hybridized carbons (Fsp3) is 0.833. The average Bonchev–Trinajstić information content (AvgIpc) is 3.05. The Hall–Kier alpha value is -1.21. The Balaban J connectivity index is 1.24. The van der Waals surface area contributed by atoms with Gasteiger partial charge in [0.1, 0.15) is 0 Å². The van der Waals surface area contributed by atoms with Crippen molar-refractivity contribution in [3.8, 4) is 0 Å². The molecular weight excluding hydrogens is 332 g/mol. The Morgan fingerprint density at radius 2 is 0.926 bits per heavy atom. The van der Waals surface area contributed by atoms with Crippen molar-refractivity contribution in [2.24, 2.45) is 35.5 Å². The molecule has 0 spiro atoms. The second-order valence-corrected chi connectivity index (χ2v) is 11.7. The van der Waals surface area contributed by atoms with E-state index < -0.39 is 0 Å². The molecule has 8 saturated carbocycles. The van der Waals surface area contributed by atoms with Crippen molar-refractivity contribution >= 4 is 5.94 Å². The summed E-state index contributed by atoms with van der Waals surface area (Å²) in [5.41, 5.74) is 0.462. The van der Waals surface area contributed by atoms with Crippen molar-refractivity contribution in [1.29, 1.82) is 0 Å². The summed E-state index contributed by atoms with van der Waals surface area (Å²) in [6, 6.07) is 0. The maximum absolute atomic E-state index is 12.3. The Kier molecular flexibility index (Phi) is 2.92. The van der Waals surface area contributed by atoms with Crippen molar-refractivity contribution in [2.75, 3.05) is 0 Å². The molecule has 27 heavy (non-hydrogen) atoms. The van der Waals surface area contributed by atoms with Gasteiger partial charge in [0, 0.05) is 23.5 Å². The molecule has 9 rings (SSSR count). The van der Waals surface area contributed by atoms with Gasteiger partial charge in [-0.1, -0.05) is 0 Å². The van der Waals surface area contributed by atoms with Gasteiger partial charge in [0.2, 0.25) is 5.82 Å². The normalized spacial score (nSPS) is 54.3. The van der Waals surface area contributed by atoms with Crippen LogP contribution < -0.4 is 0 Å². The predicted molar refractivity (Wildman–Crippen MR) is 104 cm³/mol. The fourth-order valence-electron chi connectivity index (χ4n) is 9.97. The largest absolute Gasteiger partial charge is 0.318 e. The zero-order valence-electron chi connectivity index (χ0n) is 16.4. The SMILES string of the molecule is O=C=C1N(C23CC4CC(CC(C4)C2)C3)C=CN1C12CC3CC(CC(C3)C1)C2. The number of rotatable bonds is 2. The van der Waals surface area contributed by atoms with E-state index in [4.69, 9.17) is 0 Å². The smallest absolute Gasteiger partial charge is 0.200 e. The molecule has 8 bridgehead atoms. The highest BCUT2D eigenvalue weighted by Gasteiger charge is 2.59. The van der Waals surface area contributed by atoms with E-state index in [2.05, 4.69) is 28.1 Å². The molecule has 0 atom stereocenters. The van der Waals surface area contributed by atoms with Crippen LogP contribution in [0.5, 0.6) is 0 Å². The van der Waals surface area contributed by atoms with Gasteiger partial charge in [0.25, 0.3) is 0 Å². The Bertz CT molecular complexity index is 634. The quantitative estimate of drug-likeness (QED) is 0.664. The topological polar surface area (TPSA) is 23.6 Å². The third-order valence-electron chi connectivity index (χ3n) is 9.95. The molecule has 8 aliphatic carbocycles. The summed E-state index contributed by atoms with van der Waals surface area (Å²) in [6.45, 7) is 0. The van der Waals surface area contributed by atoms with E-state index in [1.165, 1.54) is 77.0 Å². The number of hydrogen-bond donors (Lipinski definition) is 0. The van der Waals surface area contributed by atoms with Gasteiger partial charge in [0.15, 0.2) is 5.94 Å². The maximum atomic E-state index is 12.3. The predicted octanol–water partition coefficient (Wildman–Crippen LogP) is 4.69. The number of carbonyl (C=O) groups excluding carboxylic acids is 1. The average molecular weight is 365 g/mol. The number of hydrogen-bond acceptors (Lipinski definition) is 3. The van der Waals surface area contributed by atoms with E-state index in [1.54, 1.807) is 0 Å². The van der Waals surface area contributed by atoms with Crippen LogP contribution in [0.4, 0.5) is 0 Å². The molecule has 0 aromatic rings. The number of nitrogens with zero attached hydrogens (tertiary/aromatic N) is 2. The standard InChI is InChI=1S/C24H32N2O/c27-15-22-25(23-9-16-3-17(10-23)5-18(4-16)11-23)1-2-26(22)24-12-19-6-20(13-24)8-21(7-19)14-24/h1-2,16-21H,3-14H2. The summed E-state index contributed by atoms with van der Waals surface area (Å²) in [7, 11) is 0. The van der Waals surface area contributed by atoms with Gasteiger partial charge < -0.3 is 9.80 Å². The van der Waals surface area contributed by atoms with Crippen LogP contribution in [0.15, 0.2) is 18.2 Å². The summed E-state index contributed by atoms with van der Waals surface area (Å²) >= 11 is 0. The monoisotopic (exact) mass is 364 g/mol. The van der Waals surface area contributed by atoms with Crippen molar-refractivity contribution in [2.45, 2.75) is 88.1 Å². The highest BCUT2D eigenvalue weighted by Crippen LogP contribution is 2.62. The van der Waals surface area contributed by atoms with Crippen molar-refractivity contribution < 1.29 is 4.79 Å². The molecule has 0 aromatic heterocycles. The molecule has 8 fully saturated rings. The van der Waals surface area contributed by atoms with Crippen molar-refractivity contribution in [1.82, 2.24) is 9.80 Å². The molecular formula is C24H32N2O. The van der Waals surface area contributed by atoms with Crippen LogP contribution in [0.3, 0.4) is 0 Å². The third-order valence-corrected chi connectivity index (χ3v) is 9.95. The third kappa shape index (κ3) is 2.02. The van der Waals surface area contributed by atoms with Crippen LogP contribution in [0, 0.1) is 35.5 Å². The minimum atomic E-state index is 0.231. The van der Waals surface area contributed by atoms with Crippen LogP contribution in [0.2, 0.25) is 0 Å². The van der Waals surface area contributed by atoms with Gasteiger partial charge in [-0.15, -0.1) is 0 Å². The second kappa shape index (κ2) is 5.03. The van der Waals surface area contributed by atoms with Crippen LogP contribution in [-0.4, -0.2) is 26.8 Å². The lowest BCUT2D eigenvalue weighted by atomic mass is 9.52. The summed E-state index contributed by atoms with van der Waals surface area (Å²) in [5.74, 6) is 8.81. The van der Waals surface area contributed by atoms with E-state index >= 15 is 0 Å². The van der Waals surface area contributed by atoms with Gasteiger partial charge in [-0.05, 0) is 113 Å². The molecule has 0 N–H and O–H groups in total. The van der Waals surface area contributed by atoms with Gasteiger partial charge in [-0.25, -0.2) is 4.79 Å². The van der Waals surface area contributed by atoms with Gasteiger partial charge in [0.05, 0.1) is 0 Å². The summed E-state index contributed by atoms with van der Waals surface area (Å²) in [6.07, 6.45) is 21.2. The van der Waals surface area contributed by atoms with Gasteiger partial charge in [-0.2, -0.15) is 0 Å². The summed E-state index contributed by atoms with van der Waals surface area (Å²) in [4.78, 5) is 17.2. The molecule has 0 amide bonds. The lowest BCUT2D eigenvalue weighted by Crippen LogP contribution is -2.61. The minimum Gasteiger partial charge on any atom is -0.318 e. The molecule has 1 heterocycles. The molecule has 0 saturated heterocycles.